The van der Waals surface area contributed by atoms with Gasteiger partial charge in [0.25, 0.3) is 5.89 Å². The summed E-state index contributed by atoms with van der Waals surface area (Å²) in [6.45, 7) is 3.38. The van der Waals surface area contributed by atoms with E-state index in [-0.39, 0.29) is 5.82 Å². The van der Waals surface area contributed by atoms with Crippen LogP contribution in [0.15, 0.2) is 28.8 Å². The Morgan fingerprint density at radius 1 is 1.44 bits per heavy atom. The standard InChI is InChI=1S/C11H12FN3O/c1-2-13-7-10-14-11(16-15-10)8-4-3-5-9(12)6-8/h3-6,13H,2,7H2,1H3. The Labute approximate surface area is 92.5 Å². The van der Waals surface area contributed by atoms with E-state index in [4.69, 9.17) is 4.52 Å². The number of rotatable bonds is 4. The minimum absolute atomic E-state index is 0.316. The Hall–Kier alpha value is -1.75. The van der Waals surface area contributed by atoms with Gasteiger partial charge in [-0.3, -0.25) is 0 Å². The number of benzene rings is 1. The molecule has 84 valence electrons. The first-order valence-corrected chi connectivity index (χ1v) is 5.09. The smallest absolute Gasteiger partial charge is 0.258 e. The summed E-state index contributed by atoms with van der Waals surface area (Å²) in [6.07, 6.45) is 0. The van der Waals surface area contributed by atoms with Crippen LogP contribution in [0.1, 0.15) is 12.7 Å². The summed E-state index contributed by atoms with van der Waals surface area (Å²) in [7, 11) is 0. The van der Waals surface area contributed by atoms with Gasteiger partial charge in [-0.15, -0.1) is 0 Å². The Balaban J connectivity index is 2.18. The number of nitrogens with zero attached hydrogens (tertiary/aromatic N) is 2. The normalized spacial score (nSPS) is 10.6. The Kier molecular flexibility index (Phi) is 3.26. The molecule has 1 N–H and O–H groups in total. The van der Waals surface area contributed by atoms with E-state index < -0.39 is 0 Å². The van der Waals surface area contributed by atoms with Gasteiger partial charge in [0, 0.05) is 5.56 Å². The topological polar surface area (TPSA) is 51.0 Å². The Bertz CT molecular complexity index is 470. The third kappa shape index (κ3) is 2.43. The van der Waals surface area contributed by atoms with Crippen molar-refractivity contribution in [3.8, 4) is 11.5 Å². The van der Waals surface area contributed by atoms with Crippen molar-refractivity contribution in [1.29, 1.82) is 0 Å². The molecule has 0 aliphatic rings. The van der Waals surface area contributed by atoms with E-state index in [1.54, 1.807) is 12.1 Å². The SMILES string of the molecule is CCNCc1noc(-c2cccc(F)c2)n1. The molecule has 16 heavy (non-hydrogen) atoms. The van der Waals surface area contributed by atoms with Crippen LogP contribution in [0, 0.1) is 5.82 Å². The molecule has 4 nitrogen and oxygen atoms in total. The molecule has 0 atom stereocenters. The maximum Gasteiger partial charge on any atom is 0.258 e. The molecular formula is C11H12FN3O. The predicted molar refractivity (Wildman–Crippen MR) is 57.1 cm³/mol. The lowest BCUT2D eigenvalue weighted by atomic mass is 10.2. The summed E-state index contributed by atoms with van der Waals surface area (Å²) >= 11 is 0. The zero-order valence-corrected chi connectivity index (χ0v) is 8.90. The molecule has 0 saturated carbocycles. The van der Waals surface area contributed by atoms with Crippen molar-refractivity contribution in [3.63, 3.8) is 0 Å². The van der Waals surface area contributed by atoms with Crippen molar-refractivity contribution in [2.45, 2.75) is 13.5 Å². The van der Waals surface area contributed by atoms with E-state index in [0.717, 1.165) is 6.54 Å². The van der Waals surface area contributed by atoms with Crippen molar-refractivity contribution >= 4 is 0 Å². The number of nitrogens with one attached hydrogen (secondary N) is 1. The van der Waals surface area contributed by atoms with Crippen LogP contribution >= 0.6 is 0 Å². The van der Waals surface area contributed by atoms with Gasteiger partial charge in [0.1, 0.15) is 5.82 Å². The van der Waals surface area contributed by atoms with E-state index in [1.807, 2.05) is 6.92 Å². The molecule has 0 saturated heterocycles. The second-order valence-corrected chi connectivity index (χ2v) is 3.31. The van der Waals surface area contributed by atoms with Crippen LogP contribution in [0.5, 0.6) is 0 Å². The molecule has 0 radical (unpaired) electrons. The van der Waals surface area contributed by atoms with Crippen molar-refractivity contribution in [1.82, 2.24) is 15.5 Å². The zero-order valence-electron chi connectivity index (χ0n) is 8.90. The number of hydrogen-bond donors (Lipinski definition) is 1. The second kappa shape index (κ2) is 4.85. The lowest BCUT2D eigenvalue weighted by Gasteiger charge is -1.93. The molecule has 5 heteroatoms. The van der Waals surface area contributed by atoms with Gasteiger partial charge in [-0.05, 0) is 24.7 Å². The maximum absolute atomic E-state index is 13.0. The van der Waals surface area contributed by atoms with Crippen molar-refractivity contribution in [2.24, 2.45) is 0 Å². The van der Waals surface area contributed by atoms with Crippen molar-refractivity contribution < 1.29 is 8.91 Å². The molecule has 2 rings (SSSR count). The predicted octanol–water partition coefficient (Wildman–Crippen LogP) is 1.99. The zero-order chi connectivity index (χ0) is 11.4. The highest BCUT2D eigenvalue weighted by Crippen LogP contribution is 2.17. The van der Waals surface area contributed by atoms with Gasteiger partial charge in [-0.1, -0.05) is 18.1 Å². The first kappa shape index (κ1) is 10.8. The lowest BCUT2D eigenvalue weighted by Crippen LogP contribution is -2.12. The molecular weight excluding hydrogens is 209 g/mol. The molecule has 0 unspecified atom stereocenters. The lowest BCUT2D eigenvalue weighted by molar-refractivity contribution is 0.419. The maximum atomic E-state index is 13.0. The number of halogens is 1. The largest absolute Gasteiger partial charge is 0.334 e. The van der Waals surface area contributed by atoms with Crippen LogP contribution in [0.4, 0.5) is 4.39 Å². The summed E-state index contributed by atoms with van der Waals surface area (Å²) in [6, 6.07) is 6.08. The van der Waals surface area contributed by atoms with Gasteiger partial charge >= 0.3 is 0 Å². The quantitative estimate of drug-likeness (QED) is 0.857. The van der Waals surface area contributed by atoms with Gasteiger partial charge in [0.15, 0.2) is 5.82 Å². The van der Waals surface area contributed by atoms with Gasteiger partial charge in [0.2, 0.25) is 0 Å². The van der Waals surface area contributed by atoms with E-state index in [9.17, 15) is 4.39 Å². The first-order chi connectivity index (χ1) is 7.79. The van der Waals surface area contributed by atoms with Crippen LogP contribution < -0.4 is 5.32 Å². The molecule has 0 aliphatic heterocycles. The second-order valence-electron chi connectivity index (χ2n) is 3.31. The first-order valence-electron chi connectivity index (χ1n) is 5.09. The molecule has 0 spiro atoms. The average molecular weight is 221 g/mol. The summed E-state index contributed by atoms with van der Waals surface area (Å²) in [5, 5.41) is 6.87. The van der Waals surface area contributed by atoms with Crippen LogP contribution in [-0.2, 0) is 6.54 Å². The van der Waals surface area contributed by atoms with E-state index >= 15 is 0 Å². The van der Waals surface area contributed by atoms with Crippen LogP contribution in [0.3, 0.4) is 0 Å². The summed E-state index contributed by atoms with van der Waals surface area (Å²) in [5.41, 5.74) is 0.593. The fraction of sp³-hybridized carbons (Fsp3) is 0.273. The highest BCUT2D eigenvalue weighted by molar-refractivity contribution is 5.52. The minimum Gasteiger partial charge on any atom is -0.334 e. The van der Waals surface area contributed by atoms with Crippen molar-refractivity contribution in [2.75, 3.05) is 6.54 Å². The molecule has 1 aromatic carbocycles. The molecule has 2 aromatic rings. The van der Waals surface area contributed by atoms with Gasteiger partial charge < -0.3 is 9.84 Å². The Morgan fingerprint density at radius 3 is 3.06 bits per heavy atom. The molecule has 0 fully saturated rings. The van der Waals surface area contributed by atoms with Crippen molar-refractivity contribution in [3.05, 3.63) is 35.9 Å². The van der Waals surface area contributed by atoms with Gasteiger partial charge in [-0.2, -0.15) is 4.98 Å². The summed E-state index contributed by atoms with van der Waals surface area (Å²) < 4.78 is 18.0. The highest BCUT2D eigenvalue weighted by Gasteiger charge is 2.08. The molecule has 0 aliphatic carbocycles. The number of aromatic nitrogens is 2. The van der Waals surface area contributed by atoms with Crippen LogP contribution in [-0.4, -0.2) is 16.7 Å². The average Bonchev–Trinajstić information content (AvgIpc) is 2.75. The Morgan fingerprint density at radius 2 is 2.31 bits per heavy atom. The molecule has 0 amide bonds. The highest BCUT2D eigenvalue weighted by atomic mass is 19.1. The van der Waals surface area contributed by atoms with Crippen LogP contribution in [0.25, 0.3) is 11.5 Å². The fourth-order valence-corrected chi connectivity index (χ4v) is 1.30. The monoisotopic (exact) mass is 221 g/mol. The van der Waals surface area contributed by atoms with Gasteiger partial charge in [-0.25, -0.2) is 4.39 Å². The van der Waals surface area contributed by atoms with Crippen LogP contribution in [0.2, 0.25) is 0 Å². The van der Waals surface area contributed by atoms with E-state index in [1.165, 1.54) is 12.1 Å². The minimum atomic E-state index is -0.316. The van der Waals surface area contributed by atoms with E-state index in [0.29, 0.717) is 23.8 Å². The van der Waals surface area contributed by atoms with Gasteiger partial charge in [0.05, 0.1) is 6.54 Å². The fourth-order valence-electron chi connectivity index (χ4n) is 1.30. The number of hydrogen-bond acceptors (Lipinski definition) is 4. The third-order valence-electron chi connectivity index (χ3n) is 2.07. The summed E-state index contributed by atoms with van der Waals surface area (Å²) in [5.74, 6) is 0.595. The summed E-state index contributed by atoms with van der Waals surface area (Å²) in [4.78, 5) is 4.15. The third-order valence-corrected chi connectivity index (χ3v) is 2.07. The molecule has 0 bridgehead atoms. The van der Waals surface area contributed by atoms with E-state index in [2.05, 4.69) is 15.5 Å². The molecule has 1 heterocycles. The molecule has 1 aromatic heterocycles.